The molecular weight excluding hydrogens is 229 g/mol. The van der Waals surface area contributed by atoms with Crippen molar-refractivity contribution < 1.29 is 9.18 Å². The number of aryl methyl sites for hydroxylation is 1. The van der Waals surface area contributed by atoms with Crippen molar-refractivity contribution in [2.24, 2.45) is 5.41 Å². The van der Waals surface area contributed by atoms with Crippen molar-refractivity contribution >= 4 is 5.91 Å². The Morgan fingerprint density at radius 2 is 1.89 bits per heavy atom. The summed E-state index contributed by atoms with van der Waals surface area (Å²) in [5, 5.41) is 0. The fourth-order valence-corrected chi connectivity index (χ4v) is 1.74. The van der Waals surface area contributed by atoms with Gasteiger partial charge in [0.1, 0.15) is 5.82 Å². The third-order valence-electron chi connectivity index (χ3n) is 3.51. The van der Waals surface area contributed by atoms with E-state index in [0.717, 1.165) is 5.56 Å². The van der Waals surface area contributed by atoms with Gasteiger partial charge >= 0.3 is 0 Å². The molecule has 0 spiro atoms. The first-order chi connectivity index (χ1) is 8.14. The van der Waals surface area contributed by atoms with Crippen LogP contribution in [0.3, 0.4) is 0 Å². The topological polar surface area (TPSA) is 20.3 Å². The first kappa shape index (κ1) is 14.7. The van der Waals surface area contributed by atoms with Gasteiger partial charge in [-0.2, -0.15) is 0 Å². The van der Waals surface area contributed by atoms with E-state index in [-0.39, 0.29) is 22.9 Å². The van der Waals surface area contributed by atoms with E-state index in [4.69, 9.17) is 0 Å². The van der Waals surface area contributed by atoms with E-state index >= 15 is 0 Å². The lowest BCUT2D eigenvalue weighted by atomic mass is 9.87. The third kappa shape index (κ3) is 3.09. The summed E-state index contributed by atoms with van der Waals surface area (Å²) in [4.78, 5) is 13.9. The molecule has 0 N–H and O–H groups in total. The largest absolute Gasteiger partial charge is 0.338 e. The number of halogens is 1. The Morgan fingerprint density at radius 3 is 2.33 bits per heavy atom. The number of nitrogens with zero attached hydrogens (tertiary/aromatic N) is 1. The number of benzene rings is 1. The maximum atomic E-state index is 13.8. The lowest BCUT2D eigenvalue weighted by Gasteiger charge is -2.35. The van der Waals surface area contributed by atoms with E-state index in [1.807, 2.05) is 6.92 Å². The zero-order chi connectivity index (χ0) is 14.1. The predicted octanol–water partition coefficient (Wildman–Crippen LogP) is 3.64. The number of hydrogen-bond acceptors (Lipinski definition) is 1. The van der Waals surface area contributed by atoms with E-state index in [1.54, 1.807) is 31.0 Å². The minimum Gasteiger partial charge on any atom is -0.338 e. The van der Waals surface area contributed by atoms with Gasteiger partial charge in [0.25, 0.3) is 5.91 Å². The smallest absolute Gasteiger partial charge is 0.256 e. The molecule has 0 heterocycles. The fourth-order valence-electron chi connectivity index (χ4n) is 1.74. The molecule has 0 bridgehead atoms. The Labute approximate surface area is 109 Å². The summed E-state index contributed by atoms with van der Waals surface area (Å²) < 4.78 is 13.8. The fraction of sp³-hybridized carbons (Fsp3) is 0.533. The van der Waals surface area contributed by atoms with Gasteiger partial charge in [-0.15, -0.1) is 0 Å². The zero-order valence-electron chi connectivity index (χ0n) is 12.0. The van der Waals surface area contributed by atoms with E-state index in [2.05, 4.69) is 20.8 Å². The highest BCUT2D eigenvalue weighted by Gasteiger charge is 2.28. The van der Waals surface area contributed by atoms with Crippen LogP contribution in [-0.2, 0) is 0 Å². The molecule has 0 radical (unpaired) electrons. The maximum Gasteiger partial charge on any atom is 0.256 e. The molecule has 1 unspecified atom stereocenters. The standard InChI is InChI=1S/C15H22FNO/c1-10-7-8-12(13(16)9-10)14(18)17(6)11(2)15(3,4)5/h7-9,11H,1-6H3. The molecule has 1 atom stereocenters. The number of hydrogen-bond donors (Lipinski definition) is 0. The van der Waals surface area contributed by atoms with Crippen LogP contribution in [0.4, 0.5) is 4.39 Å². The summed E-state index contributed by atoms with van der Waals surface area (Å²) in [5.41, 5.74) is 0.917. The molecule has 1 aromatic rings. The Balaban J connectivity index is 3.00. The summed E-state index contributed by atoms with van der Waals surface area (Å²) in [6.07, 6.45) is 0. The lowest BCUT2D eigenvalue weighted by molar-refractivity contribution is 0.0624. The molecule has 0 aromatic heterocycles. The monoisotopic (exact) mass is 251 g/mol. The van der Waals surface area contributed by atoms with E-state index < -0.39 is 5.82 Å². The quantitative estimate of drug-likeness (QED) is 0.785. The van der Waals surface area contributed by atoms with Crippen molar-refractivity contribution in [2.45, 2.75) is 40.7 Å². The molecule has 0 fully saturated rings. The van der Waals surface area contributed by atoms with Gasteiger partial charge in [-0.05, 0) is 37.0 Å². The highest BCUT2D eigenvalue weighted by molar-refractivity contribution is 5.94. The third-order valence-corrected chi connectivity index (χ3v) is 3.51. The molecule has 100 valence electrons. The van der Waals surface area contributed by atoms with Crippen molar-refractivity contribution in [3.05, 3.63) is 35.1 Å². The Morgan fingerprint density at radius 1 is 1.33 bits per heavy atom. The molecule has 18 heavy (non-hydrogen) atoms. The van der Waals surface area contributed by atoms with Gasteiger partial charge in [-0.1, -0.05) is 26.8 Å². The van der Waals surface area contributed by atoms with Crippen molar-refractivity contribution in [1.29, 1.82) is 0 Å². The van der Waals surface area contributed by atoms with Crippen LogP contribution in [0, 0.1) is 18.2 Å². The van der Waals surface area contributed by atoms with Crippen molar-refractivity contribution in [3.63, 3.8) is 0 Å². The van der Waals surface area contributed by atoms with Crippen molar-refractivity contribution in [1.82, 2.24) is 4.90 Å². The zero-order valence-corrected chi connectivity index (χ0v) is 12.0. The molecule has 0 saturated heterocycles. The predicted molar refractivity (Wildman–Crippen MR) is 72.1 cm³/mol. The maximum absolute atomic E-state index is 13.8. The average Bonchev–Trinajstić information content (AvgIpc) is 2.25. The number of carbonyl (C=O) groups is 1. The second kappa shape index (κ2) is 5.09. The number of carbonyl (C=O) groups excluding carboxylic acids is 1. The minimum absolute atomic E-state index is 0.0331. The van der Waals surface area contributed by atoms with E-state index in [9.17, 15) is 9.18 Å². The molecule has 0 aliphatic rings. The van der Waals surface area contributed by atoms with E-state index in [0.29, 0.717) is 0 Å². The average molecular weight is 251 g/mol. The van der Waals surface area contributed by atoms with Crippen molar-refractivity contribution in [3.8, 4) is 0 Å². The van der Waals surface area contributed by atoms with Gasteiger partial charge in [-0.3, -0.25) is 4.79 Å². The van der Waals surface area contributed by atoms with Crippen molar-refractivity contribution in [2.75, 3.05) is 7.05 Å². The Bertz CT molecular complexity index is 448. The van der Waals surface area contributed by atoms with Crippen LogP contribution < -0.4 is 0 Å². The molecule has 1 amide bonds. The van der Waals surface area contributed by atoms with Crippen LogP contribution in [0.5, 0.6) is 0 Å². The summed E-state index contributed by atoms with van der Waals surface area (Å²) in [7, 11) is 1.72. The van der Waals surface area contributed by atoms with Crippen LogP contribution in [-0.4, -0.2) is 23.9 Å². The second-order valence-corrected chi connectivity index (χ2v) is 5.94. The first-order valence-electron chi connectivity index (χ1n) is 6.18. The van der Waals surface area contributed by atoms with Gasteiger partial charge in [0.15, 0.2) is 0 Å². The summed E-state index contributed by atoms with van der Waals surface area (Å²) >= 11 is 0. The molecule has 0 aliphatic carbocycles. The van der Waals surface area contributed by atoms with Gasteiger partial charge in [0.2, 0.25) is 0 Å². The van der Waals surface area contributed by atoms with Crippen LogP contribution >= 0.6 is 0 Å². The Kier molecular flexibility index (Phi) is 4.15. The summed E-state index contributed by atoms with van der Waals surface area (Å²) in [6.45, 7) is 9.97. The summed E-state index contributed by atoms with van der Waals surface area (Å²) in [5.74, 6) is -0.720. The SMILES string of the molecule is Cc1ccc(C(=O)N(C)C(C)C(C)(C)C)c(F)c1. The van der Waals surface area contributed by atoms with Crippen LogP contribution in [0.25, 0.3) is 0 Å². The van der Waals surface area contributed by atoms with Crippen LogP contribution in [0.15, 0.2) is 18.2 Å². The van der Waals surface area contributed by atoms with Crippen LogP contribution in [0.1, 0.15) is 43.6 Å². The second-order valence-electron chi connectivity index (χ2n) is 5.94. The highest BCUT2D eigenvalue weighted by atomic mass is 19.1. The molecule has 1 rings (SSSR count). The number of amides is 1. The molecular formula is C15H22FNO. The molecule has 2 nitrogen and oxygen atoms in total. The highest BCUT2D eigenvalue weighted by Crippen LogP contribution is 2.24. The number of rotatable bonds is 2. The lowest BCUT2D eigenvalue weighted by Crippen LogP contribution is -2.43. The summed E-state index contributed by atoms with van der Waals surface area (Å²) in [6, 6.07) is 4.74. The molecule has 0 aliphatic heterocycles. The normalized spacial score (nSPS) is 13.3. The molecule has 0 saturated carbocycles. The minimum atomic E-state index is -0.451. The van der Waals surface area contributed by atoms with E-state index in [1.165, 1.54) is 6.07 Å². The van der Waals surface area contributed by atoms with Crippen LogP contribution in [0.2, 0.25) is 0 Å². The van der Waals surface area contributed by atoms with Gasteiger partial charge in [-0.25, -0.2) is 4.39 Å². The molecule has 1 aromatic carbocycles. The van der Waals surface area contributed by atoms with Gasteiger partial charge in [0, 0.05) is 13.1 Å². The molecule has 3 heteroatoms. The first-order valence-corrected chi connectivity index (χ1v) is 6.18. The van der Waals surface area contributed by atoms with Gasteiger partial charge < -0.3 is 4.90 Å². The van der Waals surface area contributed by atoms with Gasteiger partial charge in [0.05, 0.1) is 5.56 Å². The Hall–Kier alpha value is -1.38.